The number of rotatable bonds is 7. The van der Waals surface area contributed by atoms with Crippen LogP contribution >= 0.6 is 11.6 Å². The molecule has 0 unspecified atom stereocenters. The van der Waals surface area contributed by atoms with E-state index in [0.29, 0.717) is 5.02 Å². The monoisotopic (exact) mass is 470 g/mol. The second-order valence-electron chi connectivity index (χ2n) is 8.43. The third-order valence-corrected chi connectivity index (χ3v) is 6.37. The van der Waals surface area contributed by atoms with Crippen molar-refractivity contribution in [2.45, 2.75) is 18.9 Å². The van der Waals surface area contributed by atoms with Crippen molar-refractivity contribution in [3.63, 3.8) is 0 Å². The molecule has 34 heavy (non-hydrogen) atoms. The molecule has 0 atom stereocenters. The zero-order valence-electron chi connectivity index (χ0n) is 18.9. The van der Waals surface area contributed by atoms with Crippen LogP contribution in [0.5, 0.6) is 0 Å². The van der Waals surface area contributed by atoms with Crippen LogP contribution < -0.4 is 5.32 Å². The molecule has 1 aromatic carbocycles. The molecular weight excluding hydrogens is 444 g/mol. The van der Waals surface area contributed by atoms with Crippen LogP contribution in [-0.2, 0) is 0 Å². The van der Waals surface area contributed by atoms with Crippen LogP contribution in [0.4, 0.5) is 5.69 Å². The molecule has 1 N–H and O–H groups in total. The Labute approximate surface area is 204 Å². The molecule has 0 spiro atoms. The van der Waals surface area contributed by atoms with Gasteiger partial charge >= 0.3 is 0 Å². The molecule has 5 rings (SSSR count). The molecule has 1 aliphatic heterocycles. The minimum absolute atomic E-state index is 0.275. The summed E-state index contributed by atoms with van der Waals surface area (Å²) in [5.41, 5.74) is 4.63. The van der Waals surface area contributed by atoms with Crippen molar-refractivity contribution in [2.75, 3.05) is 31.5 Å². The summed E-state index contributed by atoms with van der Waals surface area (Å²) in [4.78, 5) is 21.1. The van der Waals surface area contributed by atoms with Gasteiger partial charge in [-0.3, -0.25) is 19.9 Å². The number of aliphatic imine (C=N–C) groups is 1. The quantitative estimate of drug-likeness (QED) is 0.381. The van der Waals surface area contributed by atoms with Crippen molar-refractivity contribution in [1.82, 2.24) is 19.9 Å². The highest BCUT2D eigenvalue weighted by atomic mass is 35.5. The Morgan fingerprint density at radius 1 is 0.912 bits per heavy atom. The van der Waals surface area contributed by atoms with Gasteiger partial charge in [0.05, 0.1) is 22.9 Å². The molecule has 4 heterocycles. The SMILES string of the molecule is Clc1ccc2c(NCCN3CCC(N=C(c4ccccn4)c4ccccn4)CC3)ccnc2c1. The average Bonchev–Trinajstić information content (AvgIpc) is 2.89. The number of fused-ring (bicyclic) bond motifs is 1. The van der Waals surface area contributed by atoms with E-state index < -0.39 is 0 Å². The molecule has 1 fully saturated rings. The maximum atomic E-state index is 6.11. The van der Waals surface area contributed by atoms with Gasteiger partial charge in [0.15, 0.2) is 0 Å². The molecule has 6 nitrogen and oxygen atoms in total. The van der Waals surface area contributed by atoms with Crippen molar-refractivity contribution in [2.24, 2.45) is 4.99 Å². The topological polar surface area (TPSA) is 66.3 Å². The molecule has 0 amide bonds. The highest BCUT2D eigenvalue weighted by Crippen LogP contribution is 2.24. The van der Waals surface area contributed by atoms with E-state index in [4.69, 9.17) is 16.6 Å². The highest BCUT2D eigenvalue weighted by molar-refractivity contribution is 6.31. The largest absolute Gasteiger partial charge is 0.383 e. The van der Waals surface area contributed by atoms with Crippen LogP contribution in [0.2, 0.25) is 5.02 Å². The minimum Gasteiger partial charge on any atom is -0.383 e. The molecule has 4 aromatic rings. The summed E-state index contributed by atoms with van der Waals surface area (Å²) < 4.78 is 0. The first-order valence-corrected chi connectivity index (χ1v) is 12.1. The van der Waals surface area contributed by atoms with Gasteiger partial charge in [-0.05, 0) is 61.4 Å². The normalized spacial score (nSPS) is 14.7. The van der Waals surface area contributed by atoms with E-state index in [1.54, 1.807) is 0 Å². The number of benzene rings is 1. The first-order chi connectivity index (χ1) is 16.8. The Morgan fingerprint density at radius 2 is 1.65 bits per heavy atom. The number of pyridine rings is 3. The smallest absolute Gasteiger partial charge is 0.109 e. The lowest BCUT2D eigenvalue weighted by Crippen LogP contribution is -2.38. The summed E-state index contributed by atoms with van der Waals surface area (Å²) in [6, 6.07) is 20.0. The van der Waals surface area contributed by atoms with Gasteiger partial charge in [-0.1, -0.05) is 23.7 Å². The molecule has 0 aliphatic carbocycles. The van der Waals surface area contributed by atoms with Gasteiger partial charge in [-0.2, -0.15) is 0 Å². The van der Waals surface area contributed by atoms with E-state index in [2.05, 4.69) is 25.2 Å². The average molecular weight is 471 g/mol. The molecular formula is C27H27ClN6. The summed E-state index contributed by atoms with van der Waals surface area (Å²) in [6.45, 7) is 3.92. The van der Waals surface area contributed by atoms with Crippen LogP contribution in [0.15, 0.2) is 84.2 Å². The third-order valence-electron chi connectivity index (χ3n) is 6.13. The summed E-state index contributed by atoms with van der Waals surface area (Å²) in [5, 5.41) is 5.37. The number of nitrogens with zero attached hydrogens (tertiary/aromatic N) is 5. The number of aromatic nitrogens is 3. The van der Waals surface area contributed by atoms with E-state index >= 15 is 0 Å². The fourth-order valence-electron chi connectivity index (χ4n) is 4.35. The van der Waals surface area contributed by atoms with Crippen LogP contribution in [0, 0.1) is 0 Å². The van der Waals surface area contributed by atoms with Gasteiger partial charge in [0.2, 0.25) is 0 Å². The van der Waals surface area contributed by atoms with Crippen molar-refractivity contribution in [3.8, 4) is 0 Å². The molecule has 7 heteroatoms. The van der Waals surface area contributed by atoms with Gasteiger partial charge in [-0.15, -0.1) is 0 Å². The minimum atomic E-state index is 0.275. The fraction of sp³-hybridized carbons (Fsp3) is 0.259. The highest BCUT2D eigenvalue weighted by Gasteiger charge is 2.20. The number of anilines is 1. The standard InChI is InChI=1S/C27H27ClN6/c28-20-7-8-22-23(9-14-31-26(22)19-20)32-15-18-34-16-10-21(11-17-34)33-27(24-5-1-3-12-29-24)25-6-2-4-13-30-25/h1-9,12-14,19,21H,10-11,15-18H2,(H,31,32). The van der Waals surface area contributed by atoms with E-state index in [1.807, 2.05) is 79.3 Å². The van der Waals surface area contributed by atoms with Crippen LogP contribution in [0.1, 0.15) is 24.2 Å². The van der Waals surface area contributed by atoms with E-state index in [1.165, 1.54) is 0 Å². The number of likely N-dealkylation sites (tertiary alicyclic amines) is 1. The summed E-state index contributed by atoms with van der Waals surface area (Å²) in [6.07, 6.45) is 7.50. The zero-order chi connectivity index (χ0) is 23.2. The maximum Gasteiger partial charge on any atom is 0.109 e. The molecule has 172 valence electrons. The van der Waals surface area contributed by atoms with Crippen molar-refractivity contribution in [3.05, 3.63) is 95.7 Å². The van der Waals surface area contributed by atoms with Crippen molar-refractivity contribution < 1.29 is 0 Å². The number of piperidine rings is 1. The number of hydrogen-bond acceptors (Lipinski definition) is 6. The second-order valence-corrected chi connectivity index (χ2v) is 8.86. The first kappa shape index (κ1) is 22.4. The van der Waals surface area contributed by atoms with Crippen molar-refractivity contribution in [1.29, 1.82) is 0 Å². The molecule has 1 saturated heterocycles. The molecule has 0 bridgehead atoms. The third kappa shape index (κ3) is 5.41. The van der Waals surface area contributed by atoms with Gasteiger partial charge in [0, 0.05) is 60.9 Å². The number of nitrogens with one attached hydrogen (secondary N) is 1. The van der Waals surface area contributed by atoms with Crippen LogP contribution in [-0.4, -0.2) is 57.8 Å². The van der Waals surface area contributed by atoms with Gasteiger partial charge in [0.1, 0.15) is 5.71 Å². The Balaban J connectivity index is 1.19. The predicted molar refractivity (Wildman–Crippen MR) is 139 cm³/mol. The predicted octanol–water partition coefficient (Wildman–Crippen LogP) is 5.09. The molecule has 1 aliphatic rings. The van der Waals surface area contributed by atoms with Crippen LogP contribution in [0.25, 0.3) is 10.9 Å². The van der Waals surface area contributed by atoms with E-state index in [0.717, 1.165) is 72.7 Å². The van der Waals surface area contributed by atoms with Crippen LogP contribution in [0.3, 0.4) is 0 Å². The Hall–Kier alpha value is -3.35. The number of hydrogen-bond donors (Lipinski definition) is 1. The Bertz CT molecular complexity index is 1210. The van der Waals surface area contributed by atoms with Gasteiger partial charge < -0.3 is 10.2 Å². The lowest BCUT2D eigenvalue weighted by atomic mass is 10.0. The van der Waals surface area contributed by atoms with Gasteiger partial charge in [0.25, 0.3) is 0 Å². The first-order valence-electron chi connectivity index (χ1n) is 11.7. The lowest BCUT2D eigenvalue weighted by molar-refractivity contribution is 0.221. The molecule has 3 aromatic heterocycles. The fourth-order valence-corrected chi connectivity index (χ4v) is 4.51. The summed E-state index contributed by atoms with van der Waals surface area (Å²) in [5.74, 6) is 0. The van der Waals surface area contributed by atoms with Crippen molar-refractivity contribution >= 4 is 33.9 Å². The Kier molecular flexibility index (Phi) is 7.08. The van der Waals surface area contributed by atoms with E-state index in [-0.39, 0.29) is 6.04 Å². The molecule has 0 saturated carbocycles. The Morgan fingerprint density at radius 3 is 2.32 bits per heavy atom. The lowest BCUT2D eigenvalue weighted by Gasteiger charge is -2.30. The second kappa shape index (κ2) is 10.7. The molecule has 0 radical (unpaired) electrons. The zero-order valence-corrected chi connectivity index (χ0v) is 19.7. The van der Waals surface area contributed by atoms with Gasteiger partial charge in [-0.25, -0.2) is 0 Å². The summed E-state index contributed by atoms with van der Waals surface area (Å²) in [7, 11) is 0. The number of halogens is 1. The van der Waals surface area contributed by atoms with E-state index in [9.17, 15) is 0 Å². The maximum absolute atomic E-state index is 6.11. The summed E-state index contributed by atoms with van der Waals surface area (Å²) >= 11 is 6.11.